The van der Waals surface area contributed by atoms with Crippen molar-refractivity contribution in [2.75, 3.05) is 32.7 Å². The number of aryl methyl sites for hydroxylation is 1. The van der Waals surface area contributed by atoms with Crippen molar-refractivity contribution < 1.29 is 18.3 Å². The number of piperidine rings is 1. The summed E-state index contributed by atoms with van der Waals surface area (Å²) in [7, 11) is -3.57. The summed E-state index contributed by atoms with van der Waals surface area (Å²) >= 11 is 0. The van der Waals surface area contributed by atoms with Gasteiger partial charge in [0.2, 0.25) is 10.0 Å². The summed E-state index contributed by atoms with van der Waals surface area (Å²) in [5.74, 6) is -0.336. The van der Waals surface area contributed by atoms with Crippen molar-refractivity contribution in [1.29, 1.82) is 0 Å². The number of nitrogens with one attached hydrogen (secondary N) is 2. The van der Waals surface area contributed by atoms with Gasteiger partial charge in [-0.05, 0) is 37.5 Å². The first-order valence-electron chi connectivity index (χ1n) is 9.17. The zero-order valence-corrected chi connectivity index (χ0v) is 15.9. The highest BCUT2D eigenvalue weighted by molar-refractivity contribution is 7.89. The number of aliphatic hydroxyl groups is 1. The molecule has 0 saturated carbocycles. The number of sulfonamides is 1. The molecule has 2 atom stereocenters. The molecule has 2 heterocycles. The maximum Gasteiger partial charge on any atom is 0.251 e. The number of benzene rings is 1. The molecule has 0 spiro atoms. The number of aliphatic hydroxyl groups excluding tert-OH is 1. The zero-order chi connectivity index (χ0) is 18.7. The minimum atomic E-state index is -3.57. The number of nitrogens with zero attached hydrogens (tertiary/aromatic N) is 1. The molecule has 0 aromatic heterocycles. The van der Waals surface area contributed by atoms with Crippen LogP contribution < -0.4 is 10.6 Å². The Balaban J connectivity index is 1.75. The van der Waals surface area contributed by atoms with Gasteiger partial charge >= 0.3 is 0 Å². The van der Waals surface area contributed by atoms with E-state index in [1.807, 2.05) is 0 Å². The fourth-order valence-corrected chi connectivity index (χ4v) is 5.05. The number of amides is 1. The summed E-state index contributed by atoms with van der Waals surface area (Å²) in [5.41, 5.74) is 1.09. The second-order valence-electron chi connectivity index (χ2n) is 7.14. The summed E-state index contributed by atoms with van der Waals surface area (Å²) in [6.45, 7) is 4.40. The predicted octanol–water partition coefficient (Wildman–Crippen LogP) is 0.480. The molecule has 2 unspecified atom stereocenters. The molecule has 8 heteroatoms. The van der Waals surface area contributed by atoms with Crippen molar-refractivity contribution in [2.45, 2.75) is 37.2 Å². The van der Waals surface area contributed by atoms with Gasteiger partial charge in [-0.1, -0.05) is 12.5 Å². The number of hydrogen-bond acceptors (Lipinski definition) is 5. The van der Waals surface area contributed by atoms with Gasteiger partial charge in [-0.2, -0.15) is 4.31 Å². The maximum atomic E-state index is 12.8. The van der Waals surface area contributed by atoms with E-state index in [4.69, 9.17) is 0 Å². The molecule has 3 rings (SSSR count). The Labute approximate surface area is 154 Å². The standard InChI is InChI=1S/C18H27N3O4S/c1-13-5-6-15(26(24,25)21-7-3-2-4-8-21)9-16(13)18(23)20-11-14-10-19-12-17(14)22/h5-6,9,14,17,19,22H,2-4,7-8,10-12H2,1H3,(H,20,23). The first-order chi connectivity index (χ1) is 12.4. The zero-order valence-electron chi connectivity index (χ0n) is 15.1. The van der Waals surface area contributed by atoms with E-state index in [2.05, 4.69) is 10.6 Å². The molecule has 0 radical (unpaired) electrons. The summed E-state index contributed by atoms with van der Waals surface area (Å²) in [5, 5.41) is 15.7. The van der Waals surface area contributed by atoms with Gasteiger partial charge in [0, 0.05) is 44.2 Å². The fraction of sp³-hybridized carbons (Fsp3) is 0.611. The van der Waals surface area contributed by atoms with Crippen LogP contribution in [0.5, 0.6) is 0 Å². The van der Waals surface area contributed by atoms with Crippen molar-refractivity contribution in [3.63, 3.8) is 0 Å². The molecule has 0 bridgehead atoms. The average Bonchev–Trinajstić information content (AvgIpc) is 3.05. The Hall–Kier alpha value is -1.48. The Kier molecular flexibility index (Phi) is 5.96. The molecule has 0 aliphatic carbocycles. The molecule has 1 amide bonds. The van der Waals surface area contributed by atoms with E-state index >= 15 is 0 Å². The third-order valence-corrected chi connectivity index (χ3v) is 7.13. The van der Waals surface area contributed by atoms with Gasteiger partial charge in [-0.25, -0.2) is 8.42 Å². The Morgan fingerprint density at radius 3 is 2.65 bits per heavy atom. The van der Waals surface area contributed by atoms with Crippen LogP contribution in [-0.2, 0) is 10.0 Å². The molecule has 1 aromatic rings. The number of β-amino-alcohol motifs (C(OH)–C–C–N with tert-alkyl or cyclic N) is 1. The van der Waals surface area contributed by atoms with Gasteiger partial charge in [0.15, 0.2) is 0 Å². The topological polar surface area (TPSA) is 98.7 Å². The van der Waals surface area contributed by atoms with Crippen molar-refractivity contribution in [2.24, 2.45) is 5.92 Å². The molecular formula is C18H27N3O4S. The fourth-order valence-electron chi connectivity index (χ4n) is 3.51. The van der Waals surface area contributed by atoms with Crippen LogP contribution in [0, 0.1) is 12.8 Å². The minimum Gasteiger partial charge on any atom is -0.391 e. The van der Waals surface area contributed by atoms with Crippen molar-refractivity contribution in [3.8, 4) is 0 Å². The summed E-state index contributed by atoms with van der Waals surface area (Å²) in [6.07, 6.45) is 2.32. The van der Waals surface area contributed by atoms with E-state index in [0.717, 1.165) is 24.8 Å². The van der Waals surface area contributed by atoms with E-state index in [9.17, 15) is 18.3 Å². The van der Waals surface area contributed by atoms with Gasteiger partial charge in [-0.3, -0.25) is 4.79 Å². The lowest BCUT2D eigenvalue weighted by molar-refractivity contribution is 0.0926. The first-order valence-corrected chi connectivity index (χ1v) is 10.6. The summed E-state index contributed by atoms with van der Waals surface area (Å²) in [6, 6.07) is 4.72. The molecule has 3 N–H and O–H groups in total. The highest BCUT2D eigenvalue weighted by Crippen LogP contribution is 2.23. The second-order valence-corrected chi connectivity index (χ2v) is 9.08. The van der Waals surface area contributed by atoms with Crippen LogP contribution in [0.1, 0.15) is 35.2 Å². The van der Waals surface area contributed by atoms with Crippen molar-refractivity contribution in [1.82, 2.24) is 14.9 Å². The van der Waals surface area contributed by atoms with E-state index in [-0.39, 0.29) is 16.7 Å². The van der Waals surface area contributed by atoms with Crippen LogP contribution in [0.15, 0.2) is 23.1 Å². The quantitative estimate of drug-likeness (QED) is 0.689. The third kappa shape index (κ3) is 4.09. The van der Waals surface area contributed by atoms with Gasteiger partial charge in [0.05, 0.1) is 11.0 Å². The van der Waals surface area contributed by atoms with Gasteiger partial charge in [0.1, 0.15) is 0 Å². The number of carbonyl (C=O) groups is 1. The van der Waals surface area contributed by atoms with Gasteiger partial charge in [0.25, 0.3) is 5.91 Å². The molecule has 2 aliphatic heterocycles. The van der Waals surface area contributed by atoms with Crippen LogP contribution in [0.25, 0.3) is 0 Å². The van der Waals surface area contributed by atoms with E-state index in [0.29, 0.717) is 38.3 Å². The number of rotatable bonds is 5. The monoisotopic (exact) mass is 381 g/mol. The maximum absolute atomic E-state index is 12.8. The Morgan fingerprint density at radius 2 is 2.00 bits per heavy atom. The van der Waals surface area contributed by atoms with Gasteiger partial charge < -0.3 is 15.7 Å². The summed E-state index contributed by atoms with van der Waals surface area (Å²) < 4.78 is 27.2. The van der Waals surface area contributed by atoms with Gasteiger partial charge in [-0.15, -0.1) is 0 Å². The van der Waals surface area contributed by atoms with Crippen LogP contribution in [0.3, 0.4) is 0 Å². The smallest absolute Gasteiger partial charge is 0.251 e. The molecule has 26 heavy (non-hydrogen) atoms. The largest absolute Gasteiger partial charge is 0.391 e. The summed E-state index contributed by atoms with van der Waals surface area (Å²) in [4.78, 5) is 12.7. The van der Waals surface area contributed by atoms with E-state index < -0.39 is 16.1 Å². The molecule has 7 nitrogen and oxygen atoms in total. The van der Waals surface area contributed by atoms with Crippen LogP contribution in [0.4, 0.5) is 0 Å². The number of carbonyl (C=O) groups excluding carboxylic acids is 1. The predicted molar refractivity (Wildman–Crippen MR) is 98.5 cm³/mol. The Bertz CT molecular complexity index is 760. The van der Waals surface area contributed by atoms with E-state index in [1.165, 1.54) is 10.4 Å². The van der Waals surface area contributed by atoms with Crippen molar-refractivity contribution >= 4 is 15.9 Å². The number of hydrogen-bond donors (Lipinski definition) is 3. The average molecular weight is 381 g/mol. The lowest BCUT2D eigenvalue weighted by atomic mass is 10.1. The highest BCUT2D eigenvalue weighted by Gasteiger charge is 2.28. The second kappa shape index (κ2) is 8.04. The molecule has 2 aliphatic rings. The highest BCUT2D eigenvalue weighted by atomic mass is 32.2. The lowest BCUT2D eigenvalue weighted by Crippen LogP contribution is -2.36. The molecule has 1 aromatic carbocycles. The first kappa shape index (κ1) is 19.3. The van der Waals surface area contributed by atoms with Crippen LogP contribution in [0.2, 0.25) is 0 Å². The van der Waals surface area contributed by atoms with Crippen LogP contribution >= 0.6 is 0 Å². The van der Waals surface area contributed by atoms with E-state index in [1.54, 1.807) is 19.1 Å². The third-order valence-electron chi connectivity index (χ3n) is 5.24. The minimum absolute atomic E-state index is 0.0282. The van der Waals surface area contributed by atoms with Crippen LogP contribution in [-0.4, -0.2) is 62.6 Å². The molecule has 144 valence electrons. The molecule has 2 saturated heterocycles. The Morgan fingerprint density at radius 1 is 1.27 bits per heavy atom. The molecular weight excluding hydrogens is 354 g/mol. The SMILES string of the molecule is Cc1ccc(S(=O)(=O)N2CCCCC2)cc1C(=O)NCC1CNCC1O. The molecule has 2 fully saturated rings. The normalized spacial score (nSPS) is 24.5. The van der Waals surface area contributed by atoms with Crippen molar-refractivity contribution in [3.05, 3.63) is 29.3 Å². The lowest BCUT2D eigenvalue weighted by Gasteiger charge is -2.26.